The third-order valence-corrected chi connectivity index (χ3v) is 3.13. The van der Waals surface area contributed by atoms with Crippen LogP contribution in [0.25, 0.3) is 0 Å². The van der Waals surface area contributed by atoms with Gasteiger partial charge in [0.2, 0.25) is 5.91 Å². The van der Waals surface area contributed by atoms with Gasteiger partial charge in [-0.1, -0.05) is 0 Å². The van der Waals surface area contributed by atoms with Gasteiger partial charge in [-0.15, -0.1) is 0 Å². The van der Waals surface area contributed by atoms with Crippen molar-refractivity contribution in [3.8, 4) is 0 Å². The van der Waals surface area contributed by atoms with E-state index in [1.165, 1.54) is 0 Å². The van der Waals surface area contributed by atoms with Gasteiger partial charge in [-0.3, -0.25) is 4.79 Å². The lowest BCUT2D eigenvalue weighted by Gasteiger charge is -2.23. The first-order valence-electron chi connectivity index (χ1n) is 5.79. The molecule has 0 aliphatic carbocycles. The molecule has 92 valence electrons. The molecule has 5 nitrogen and oxygen atoms in total. The van der Waals surface area contributed by atoms with Gasteiger partial charge in [0.25, 0.3) is 0 Å². The molecule has 2 rings (SSSR count). The summed E-state index contributed by atoms with van der Waals surface area (Å²) in [5.74, 6) is 0.399. The molecule has 2 heterocycles. The average Bonchev–Trinajstić information content (AvgIpc) is 2.78. The van der Waals surface area contributed by atoms with Gasteiger partial charge < -0.3 is 15.7 Å². The Labute approximate surface area is 100 Å². The van der Waals surface area contributed by atoms with Crippen molar-refractivity contribution in [3.63, 3.8) is 0 Å². The number of hydrogen-bond acceptors (Lipinski definition) is 4. The summed E-state index contributed by atoms with van der Waals surface area (Å²) < 4.78 is 0. The van der Waals surface area contributed by atoms with Gasteiger partial charge >= 0.3 is 0 Å². The summed E-state index contributed by atoms with van der Waals surface area (Å²) in [7, 11) is 0. The Balaban J connectivity index is 2.27. The van der Waals surface area contributed by atoms with E-state index in [4.69, 9.17) is 5.73 Å². The number of carbonyl (C=O) groups is 1. The summed E-state index contributed by atoms with van der Waals surface area (Å²) in [6, 6.07) is 3.31. The zero-order valence-electron chi connectivity index (χ0n) is 9.84. The summed E-state index contributed by atoms with van der Waals surface area (Å²) in [4.78, 5) is 17.5. The van der Waals surface area contributed by atoms with Crippen LogP contribution in [0.4, 0.5) is 5.82 Å². The third-order valence-electron chi connectivity index (χ3n) is 3.13. The van der Waals surface area contributed by atoms with Crippen LogP contribution in [-0.2, 0) is 4.79 Å². The number of aromatic nitrogens is 1. The Morgan fingerprint density at radius 2 is 2.47 bits per heavy atom. The van der Waals surface area contributed by atoms with Gasteiger partial charge in [-0.2, -0.15) is 0 Å². The topological polar surface area (TPSA) is 79.5 Å². The molecular formula is C12H17N3O2. The Kier molecular flexibility index (Phi) is 3.28. The molecule has 1 unspecified atom stereocenters. The molecule has 1 saturated heterocycles. The highest BCUT2D eigenvalue weighted by Crippen LogP contribution is 2.25. The summed E-state index contributed by atoms with van der Waals surface area (Å²) in [5, 5.41) is 9.53. The Morgan fingerprint density at radius 1 is 1.71 bits per heavy atom. The SMILES string of the molecule is C[C@@H](O)c1ccnc(N2CCCC2C(N)=O)c1. The van der Waals surface area contributed by atoms with Crippen LogP contribution in [-0.4, -0.2) is 28.6 Å². The number of aliphatic hydroxyl groups excluding tert-OH is 1. The van der Waals surface area contributed by atoms with Crippen molar-refractivity contribution < 1.29 is 9.90 Å². The number of aliphatic hydroxyl groups is 1. The smallest absolute Gasteiger partial charge is 0.240 e. The summed E-state index contributed by atoms with van der Waals surface area (Å²) in [6.07, 6.45) is 2.82. The molecule has 0 saturated carbocycles. The molecule has 1 aromatic heterocycles. The second kappa shape index (κ2) is 4.71. The van der Waals surface area contributed by atoms with E-state index >= 15 is 0 Å². The molecule has 0 bridgehead atoms. The first kappa shape index (κ1) is 11.9. The number of hydrogen-bond donors (Lipinski definition) is 2. The first-order valence-corrected chi connectivity index (χ1v) is 5.79. The number of anilines is 1. The Bertz CT molecular complexity index is 420. The van der Waals surface area contributed by atoms with Crippen LogP contribution in [0, 0.1) is 0 Å². The zero-order valence-corrected chi connectivity index (χ0v) is 9.84. The Morgan fingerprint density at radius 3 is 3.12 bits per heavy atom. The van der Waals surface area contributed by atoms with Gasteiger partial charge in [0.1, 0.15) is 11.9 Å². The summed E-state index contributed by atoms with van der Waals surface area (Å²) in [6.45, 7) is 2.48. The highest BCUT2D eigenvalue weighted by Gasteiger charge is 2.30. The van der Waals surface area contributed by atoms with Gasteiger partial charge in [0.15, 0.2) is 0 Å². The number of primary amides is 1. The van der Waals surface area contributed by atoms with Gasteiger partial charge in [0, 0.05) is 12.7 Å². The van der Waals surface area contributed by atoms with Crippen LogP contribution in [0.3, 0.4) is 0 Å². The lowest BCUT2D eigenvalue weighted by atomic mass is 10.1. The monoisotopic (exact) mass is 235 g/mol. The fourth-order valence-corrected chi connectivity index (χ4v) is 2.19. The molecule has 1 aromatic rings. The molecule has 1 aliphatic heterocycles. The van der Waals surface area contributed by atoms with Crippen LogP contribution in [0.5, 0.6) is 0 Å². The number of nitrogens with zero attached hydrogens (tertiary/aromatic N) is 2. The molecule has 2 atom stereocenters. The minimum atomic E-state index is -0.536. The predicted molar refractivity (Wildman–Crippen MR) is 64.4 cm³/mol. The van der Waals surface area contributed by atoms with Crippen molar-refractivity contribution >= 4 is 11.7 Å². The highest BCUT2D eigenvalue weighted by molar-refractivity contribution is 5.83. The summed E-state index contributed by atoms with van der Waals surface area (Å²) >= 11 is 0. The molecule has 1 fully saturated rings. The second-order valence-corrected chi connectivity index (χ2v) is 4.38. The van der Waals surface area contributed by atoms with E-state index in [0.717, 1.165) is 24.9 Å². The van der Waals surface area contributed by atoms with Crippen LogP contribution in [0.1, 0.15) is 31.4 Å². The molecule has 0 spiro atoms. The maximum Gasteiger partial charge on any atom is 0.240 e. The second-order valence-electron chi connectivity index (χ2n) is 4.38. The van der Waals surface area contributed by atoms with E-state index in [9.17, 15) is 9.90 Å². The molecule has 5 heteroatoms. The van der Waals surface area contributed by atoms with Crippen LogP contribution < -0.4 is 10.6 Å². The lowest BCUT2D eigenvalue weighted by Crippen LogP contribution is -2.40. The molecule has 0 aromatic carbocycles. The predicted octanol–water partition coefficient (Wildman–Crippen LogP) is 0.589. The molecular weight excluding hydrogens is 218 g/mol. The van der Waals surface area contributed by atoms with Crippen molar-refractivity contribution in [2.24, 2.45) is 5.73 Å². The number of nitrogens with two attached hydrogens (primary N) is 1. The lowest BCUT2D eigenvalue weighted by molar-refractivity contribution is -0.119. The van der Waals surface area contributed by atoms with E-state index < -0.39 is 6.10 Å². The van der Waals surface area contributed by atoms with E-state index in [0.29, 0.717) is 5.82 Å². The van der Waals surface area contributed by atoms with Crippen molar-refractivity contribution in [1.82, 2.24) is 4.98 Å². The minimum absolute atomic E-state index is 0.272. The van der Waals surface area contributed by atoms with Crippen molar-refractivity contribution in [2.45, 2.75) is 31.9 Å². The number of carbonyl (C=O) groups excluding carboxylic acids is 1. The van der Waals surface area contributed by atoms with E-state index in [1.807, 2.05) is 11.0 Å². The molecule has 1 amide bonds. The number of amides is 1. The largest absolute Gasteiger partial charge is 0.389 e. The van der Waals surface area contributed by atoms with E-state index in [-0.39, 0.29) is 11.9 Å². The highest BCUT2D eigenvalue weighted by atomic mass is 16.3. The normalized spacial score (nSPS) is 21.5. The molecule has 0 radical (unpaired) electrons. The first-order chi connectivity index (χ1) is 8.09. The van der Waals surface area contributed by atoms with Crippen LogP contribution in [0.2, 0.25) is 0 Å². The van der Waals surface area contributed by atoms with Crippen LogP contribution in [0.15, 0.2) is 18.3 Å². The quantitative estimate of drug-likeness (QED) is 0.803. The maximum atomic E-state index is 11.3. The average molecular weight is 235 g/mol. The number of pyridine rings is 1. The van der Waals surface area contributed by atoms with E-state index in [2.05, 4.69) is 4.98 Å². The standard InChI is InChI=1S/C12H17N3O2/c1-8(16)9-4-5-14-11(7-9)15-6-2-3-10(15)12(13)17/h4-5,7-8,10,16H,2-3,6H2,1H3,(H2,13,17)/t8-,10?/m1/s1. The Hall–Kier alpha value is -1.62. The molecule has 1 aliphatic rings. The fourth-order valence-electron chi connectivity index (χ4n) is 2.19. The van der Waals surface area contributed by atoms with Gasteiger partial charge in [-0.05, 0) is 37.5 Å². The van der Waals surface area contributed by atoms with Crippen molar-refractivity contribution in [1.29, 1.82) is 0 Å². The third kappa shape index (κ3) is 2.39. The van der Waals surface area contributed by atoms with Gasteiger partial charge in [0.05, 0.1) is 6.10 Å². The number of rotatable bonds is 3. The minimum Gasteiger partial charge on any atom is -0.389 e. The van der Waals surface area contributed by atoms with E-state index in [1.54, 1.807) is 19.2 Å². The fraction of sp³-hybridized carbons (Fsp3) is 0.500. The van der Waals surface area contributed by atoms with Crippen molar-refractivity contribution in [2.75, 3.05) is 11.4 Å². The summed E-state index contributed by atoms with van der Waals surface area (Å²) in [5.41, 5.74) is 6.16. The zero-order chi connectivity index (χ0) is 12.4. The van der Waals surface area contributed by atoms with Crippen LogP contribution >= 0.6 is 0 Å². The molecule has 3 N–H and O–H groups in total. The van der Waals surface area contributed by atoms with Crippen molar-refractivity contribution in [3.05, 3.63) is 23.9 Å². The maximum absolute atomic E-state index is 11.3. The van der Waals surface area contributed by atoms with Gasteiger partial charge in [-0.25, -0.2) is 4.98 Å². The molecule has 17 heavy (non-hydrogen) atoms.